The molecule has 0 spiro atoms. The van der Waals surface area contributed by atoms with E-state index in [1.165, 1.54) is 24.5 Å². The minimum Gasteiger partial charge on any atom is -0.322 e. The van der Waals surface area contributed by atoms with Gasteiger partial charge in [0.05, 0.1) is 23.0 Å². The van der Waals surface area contributed by atoms with E-state index in [2.05, 4.69) is 15.6 Å². The number of alkyl halides is 3. The van der Waals surface area contributed by atoms with Crippen molar-refractivity contribution in [2.45, 2.75) is 6.18 Å². The predicted octanol–water partition coefficient (Wildman–Crippen LogP) is 4.74. The topological polar surface area (TPSA) is 71.1 Å². The van der Waals surface area contributed by atoms with Crippen molar-refractivity contribution in [3.8, 4) is 0 Å². The van der Waals surface area contributed by atoms with E-state index in [9.17, 15) is 27.2 Å². The van der Waals surface area contributed by atoms with Crippen LogP contribution in [0.25, 0.3) is 0 Å². The summed E-state index contributed by atoms with van der Waals surface area (Å²) in [5.41, 5.74) is -1.16. The molecule has 3 aromatic rings. The number of nitrogens with zero attached hydrogens (tertiary/aromatic N) is 1. The van der Waals surface area contributed by atoms with Gasteiger partial charge in [0.1, 0.15) is 5.82 Å². The number of carbonyl (C=O) groups excluding carboxylic acids is 2. The highest BCUT2D eigenvalue weighted by molar-refractivity contribution is 6.07. The summed E-state index contributed by atoms with van der Waals surface area (Å²) in [6.45, 7) is 0. The van der Waals surface area contributed by atoms with E-state index in [4.69, 9.17) is 0 Å². The first kappa shape index (κ1) is 20.0. The maximum Gasteiger partial charge on any atom is 0.416 e. The van der Waals surface area contributed by atoms with Crippen molar-refractivity contribution in [3.63, 3.8) is 0 Å². The van der Waals surface area contributed by atoms with Crippen LogP contribution in [0.15, 0.2) is 67.0 Å². The maximum atomic E-state index is 14.1. The van der Waals surface area contributed by atoms with E-state index in [-0.39, 0.29) is 16.8 Å². The van der Waals surface area contributed by atoms with Gasteiger partial charge < -0.3 is 10.6 Å². The van der Waals surface area contributed by atoms with Crippen LogP contribution < -0.4 is 10.6 Å². The molecule has 5 nitrogen and oxygen atoms in total. The van der Waals surface area contributed by atoms with Crippen molar-refractivity contribution < 1.29 is 27.2 Å². The van der Waals surface area contributed by atoms with Gasteiger partial charge in [-0.25, -0.2) is 4.39 Å². The molecule has 0 bridgehead atoms. The monoisotopic (exact) mass is 403 g/mol. The summed E-state index contributed by atoms with van der Waals surface area (Å²) in [5.74, 6) is -2.43. The number of hydrogen-bond donors (Lipinski definition) is 2. The quantitative estimate of drug-likeness (QED) is 0.618. The molecule has 0 aliphatic carbocycles. The number of benzene rings is 2. The molecule has 2 N–H and O–H groups in total. The highest BCUT2D eigenvalue weighted by atomic mass is 19.4. The Bertz CT molecular complexity index is 1050. The summed E-state index contributed by atoms with van der Waals surface area (Å²) >= 11 is 0. The summed E-state index contributed by atoms with van der Waals surface area (Å²) in [4.78, 5) is 28.4. The van der Waals surface area contributed by atoms with E-state index in [1.807, 2.05) is 0 Å². The van der Waals surface area contributed by atoms with Crippen molar-refractivity contribution in [1.82, 2.24) is 4.98 Å². The van der Waals surface area contributed by atoms with Crippen LogP contribution in [0.4, 0.5) is 28.9 Å². The Morgan fingerprint density at radius 3 is 2.31 bits per heavy atom. The Morgan fingerprint density at radius 2 is 1.62 bits per heavy atom. The van der Waals surface area contributed by atoms with Gasteiger partial charge in [-0.15, -0.1) is 0 Å². The molecule has 0 aliphatic rings. The maximum absolute atomic E-state index is 14.1. The molecule has 0 saturated carbocycles. The highest BCUT2D eigenvalue weighted by Crippen LogP contribution is 2.29. The third kappa shape index (κ3) is 4.95. The van der Waals surface area contributed by atoms with Crippen molar-refractivity contribution in [2.24, 2.45) is 0 Å². The number of aromatic nitrogens is 1. The zero-order valence-corrected chi connectivity index (χ0v) is 14.6. The lowest BCUT2D eigenvalue weighted by atomic mass is 10.1. The molecular formula is C20H13F4N3O2. The van der Waals surface area contributed by atoms with Gasteiger partial charge in [0.2, 0.25) is 0 Å². The minimum absolute atomic E-state index is 0.0464. The molecule has 148 valence electrons. The summed E-state index contributed by atoms with van der Waals surface area (Å²) in [5, 5.41) is 4.81. The van der Waals surface area contributed by atoms with Gasteiger partial charge in [-0.2, -0.15) is 13.2 Å². The van der Waals surface area contributed by atoms with Crippen LogP contribution in [0.1, 0.15) is 26.3 Å². The number of anilines is 2. The average Bonchev–Trinajstić information content (AvgIpc) is 2.69. The van der Waals surface area contributed by atoms with E-state index >= 15 is 0 Å². The molecule has 0 unspecified atom stereocenters. The normalized spacial score (nSPS) is 11.0. The van der Waals surface area contributed by atoms with Gasteiger partial charge in [0.15, 0.2) is 0 Å². The first-order chi connectivity index (χ1) is 13.7. The average molecular weight is 403 g/mol. The molecule has 2 aromatic carbocycles. The molecule has 2 amide bonds. The molecule has 9 heteroatoms. The summed E-state index contributed by atoms with van der Waals surface area (Å²) in [7, 11) is 0. The zero-order valence-electron chi connectivity index (χ0n) is 14.6. The van der Waals surface area contributed by atoms with E-state index in [0.29, 0.717) is 11.8 Å². The Kier molecular flexibility index (Phi) is 5.58. The Morgan fingerprint density at radius 1 is 0.862 bits per heavy atom. The minimum atomic E-state index is -4.59. The van der Waals surface area contributed by atoms with Crippen LogP contribution in [-0.4, -0.2) is 16.8 Å². The fourth-order valence-electron chi connectivity index (χ4n) is 2.45. The summed E-state index contributed by atoms with van der Waals surface area (Å²) in [6.07, 6.45) is -1.72. The van der Waals surface area contributed by atoms with Gasteiger partial charge >= 0.3 is 6.18 Å². The Balaban J connectivity index is 1.79. The fraction of sp³-hybridized carbons (Fsp3) is 0.0500. The van der Waals surface area contributed by atoms with E-state index in [1.54, 1.807) is 12.1 Å². The third-order valence-corrected chi connectivity index (χ3v) is 3.84. The second-order valence-electron chi connectivity index (χ2n) is 5.92. The number of amides is 2. The Labute approximate surface area is 162 Å². The molecular weight excluding hydrogens is 390 g/mol. The lowest BCUT2D eigenvalue weighted by molar-refractivity contribution is -0.137. The van der Waals surface area contributed by atoms with Gasteiger partial charge in [-0.3, -0.25) is 14.6 Å². The van der Waals surface area contributed by atoms with Crippen molar-refractivity contribution in [2.75, 3.05) is 10.6 Å². The number of hydrogen-bond acceptors (Lipinski definition) is 3. The van der Waals surface area contributed by atoms with Gasteiger partial charge in [-0.1, -0.05) is 6.07 Å². The van der Waals surface area contributed by atoms with Crippen LogP contribution in [-0.2, 0) is 6.18 Å². The van der Waals surface area contributed by atoms with Crippen molar-refractivity contribution in [3.05, 3.63) is 89.5 Å². The summed E-state index contributed by atoms with van der Waals surface area (Å²) in [6, 6.07) is 10.3. The van der Waals surface area contributed by atoms with Crippen LogP contribution in [0.2, 0.25) is 0 Å². The first-order valence-corrected chi connectivity index (χ1v) is 8.23. The van der Waals surface area contributed by atoms with E-state index in [0.717, 1.165) is 24.3 Å². The largest absolute Gasteiger partial charge is 0.416 e. The zero-order chi connectivity index (χ0) is 21.0. The molecule has 0 radical (unpaired) electrons. The molecule has 1 aromatic heterocycles. The summed E-state index contributed by atoms with van der Waals surface area (Å²) < 4.78 is 52.5. The molecule has 1 heterocycles. The number of carbonyl (C=O) groups is 2. The van der Waals surface area contributed by atoms with E-state index < -0.39 is 29.4 Å². The van der Waals surface area contributed by atoms with Crippen molar-refractivity contribution in [1.29, 1.82) is 0 Å². The fourth-order valence-corrected chi connectivity index (χ4v) is 2.45. The first-order valence-electron chi connectivity index (χ1n) is 8.23. The highest BCUT2D eigenvalue weighted by Gasteiger charge is 2.30. The van der Waals surface area contributed by atoms with Crippen LogP contribution in [0, 0.1) is 5.82 Å². The van der Waals surface area contributed by atoms with Crippen LogP contribution >= 0.6 is 0 Å². The second-order valence-corrected chi connectivity index (χ2v) is 5.92. The van der Waals surface area contributed by atoms with Gasteiger partial charge in [0, 0.05) is 17.4 Å². The predicted molar refractivity (Wildman–Crippen MR) is 98.0 cm³/mol. The molecule has 29 heavy (non-hydrogen) atoms. The molecule has 0 aliphatic heterocycles. The second kappa shape index (κ2) is 8.09. The number of halogens is 4. The Hall–Kier alpha value is -3.75. The molecule has 3 rings (SSSR count). The number of rotatable bonds is 4. The SMILES string of the molecule is O=C(Nc1ccc(F)c(C(=O)Nc2cccnc2)c1)c1cccc(C(F)(F)F)c1. The molecule has 0 saturated heterocycles. The molecule has 0 fully saturated rings. The van der Waals surface area contributed by atoms with Crippen LogP contribution in [0.3, 0.4) is 0 Å². The number of pyridine rings is 1. The number of nitrogens with one attached hydrogen (secondary N) is 2. The van der Waals surface area contributed by atoms with Gasteiger partial charge in [0.25, 0.3) is 11.8 Å². The van der Waals surface area contributed by atoms with Crippen LogP contribution in [0.5, 0.6) is 0 Å². The van der Waals surface area contributed by atoms with Crippen molar-refractivity contribution >= 4 is 23.2 Å². The standard InChI is InChI=1S/C20H13F4N3O2/c21-17-7-6-14(10-16(17)19(29)27-15-5-2-8-25-11-15)26-18(28)12-3-1-4-13(9-12)20(22,23)24/h1-11H,(H,26,28)(H,27,29). The third-order valence-electron chi connectivity index (χ3n) is 3.84. The van der Waals surface area contributed by atoms with Gasteiger partial charge in [-0.05, 0) is 48.5 Å². The lowest BCUT2D eigenvalue weighted by Crippen LogP contribution is -2.16. The molecule has 0 atom stereocenters. The smallest absolute Gasteiger partial charge is 0.322 e. The lowest BCUT2D eigenvalue weighted by Gasteiger charge is -2.11.